The number of ether oxygens (including phenoxy) is 1. The van der Waals surface area contributed by atoms with Crippen molar-refractivity contribution >= 4 is 11.7 Å². The number of aromatic nitrogens is 1. The molecule has 18 heavy (non-hydrogen) atoms. The van der Waals surface area contributed by atoms with E-state index in [1.807, 2.05) is 0 Å². The van der Waals surface area contributed by atoms with Gasteiger partial charge >= 0.3 is 5.97 Å². The monoisotopic (exact) mass is 255 g/mol. The van der Waals surface area contributed by atoms with Crippen molar-refractivity contribution in [3.8, 4) is 6.07 Å². The highest BCUT2D eigenvalue weighted by Gasteiger charge is 2.19. The summed E-state index contributed by atoms with van der Waals surface area (Å²) in [4.78, 5) is 14.8. The third-order valence-electron chi connectivity index (χ3n) is 2.11. The zero-order valence-corrected chi connectivity index (χ0v) is 9.61. The molecule has 0 saturated heterocycles. The molecule has 0 aliphatic heterocycles. The lowest BCUT2D eigenvalue weighted by Crippen LogP contribution is -2.12. The van der Waals surface area contributed by atoms with E-state index in [4.69, 9.17) is 11.0 Å². The lowest BCUT2D eigenvalue weighted by atomic mass is 10.1. The Balaban J connectivity index is 3.10. The molecule has 2 N–H and O–H groups in total. The van der Waals surface area contributed by atoms with Crippen LogP contribution in [0.5, 0.6) is 0 Å². The van der Waals surface area contributed by atoms with E-state index < -0.39 is 18.1 Å². The number of hydrogen-bond donors (Lipinski definition) is 1. The Hall–Kier alpha value is -2.23. The van der Waals surface area contributed by atoms with E-state index in [0.29, 0.717) is 0 Å². The molecule has 0 fully saturated rings. The van der Waals surface area contributed by atoms with Crippen molar-refractivity contribution < 1.29 is 18.3 Å². The minimum atomic E-state index is -2.90. The second-order valence-electron chi connectivity index (χ2n) is 3.35. The Morgan fingerprint density at radius 2 is 2.33 bits per heavy atom. The number of pyridine rings is 1. The van der Waals surface area contributed by atoms with Gasteiger partial charge in [0.25, 0.3) is 6.43 Å². The number of hydrogen-bond acceptors (Lipinski definition) is 5. The number of nitrogens with two attached hydrogens (primary N) is 1. The average molecular weight is 255 g/mol. The van der Waals surface area contributed by atoms with Crippen molar-refractivity contribution in [3.63, 3.8) is 0 Å². The average Bonchev–Trinajstić information content (AvgIpc) is 2.31. The van der Waals surface area contributed by atoms with Crippen molar-refractivity contribution in [1.82, 2.24) is 4.98 Å². The van der Waals surface area contributed by atoms with Crippen LogP contribution in [0.2, 0.25) is 0 Å². The van der Waals surface area contributed by atoms with Crippen molar-refractivity contribution in [2.45, 2.75) is 19.8 Å². The summed E-state index contributed by atoms with van der Waals surface area (Å²) in [5, 5.41) is 8.68. The molecule has 0 unspecified atom stereocenters. The van der Waals surface area contributed by atoms with Gasteiger partial charge in [-0.25, -0.2) is 13.8 Å². The van der Waals surface area contributed by atoms with Gasteiger partial charge in [-0.3, -0.25) is 4.79 Å². The zero-order valence-electron chi connectivity index (χ0n) is 9.61. The first-order valence-corrected chi connectivity index (χ1v) is 5.12. The number of halogens is 2. The maximum Gasteiger partial charge on any atom is 0.311 e. The van der Waals surface area contributed by atoms with Gasteiger partial charge in [0.15, 0.2) is 0 Å². The molecule has 1 aromatic rings. The van der Waals surface area contributed by atoms with Crippen LogP contribution in [0.15, 0.2) is 6.07 Å². The van der Waals surface area contributed by atoms with Crippen molar-refractivity contribution in [2.75, 3.05) is 12.3 Å². The maximum absolute atomic E-state index is 12.6. The van der Waals surface area contributed by atoms with Crippen LogP contribution >= 0.6 is 0 Å². The Bertz CT molecular complexity index is 498. The molecule has 0 aliphatic rings. The second-order valence-corrected chi connectivity index (χ2v) is 3.35. The van der Waals surface area contributed by atoms with Crippen molar-refractivity contribution in [2.24, 2.45) is 0 Å². The molecule has 0 saturated carbocycles. The summed E-state index contributed by atoms with van der Waals surface area (Å²) in [5.74, 6) is -0.610. The molecule has 0 spiro atoms. The molecule has 0 amide bonds. The summed E-state index contributed by atoms with van der Waals surface area (Å²) in [6, 6.07) is 2.67. The first kappa shape index (κ1) is 13.8. The third kappa shape index (κ3) is 3.13. The second kappa shape index (κ2) is 5.91. The maximum atomic E-state index is 12.6. The zero-order chi connectivity index (χ0) is 13.7. The molecule has 0 radical (unpaired) electrons. The fraction of sp³-hybridized carbons (Fsp3) is 0.364. The Morgan fingerprint density at radius 3 is 2.83 bits per heavy atom. The van der Waals surface area contributed by atoms with Crippen LogP contribution in [0.1, 0.15) is 30.3 Å². The first-order chi connectivity index (χ1) is 8.49. The molecule has 0 bridgehead atoms. The molecular formula is C11H11F2N3O2. The topological polar surface area (TPSA) is 89.0 Å². The van der Waals surface area contributed by atoms with Gasteiger partial charge in [-0.2, -0.15) is 5.26 Å². The van der Waals surface area contributed by atoms with Crippen LogP contribution in [0.4, 0.5) is 14.5 Å². The Kier molecular flexibility index (Phi) is 4.54. The SMILES string of the molecule is CCOC(=O)Cc1nc(C(F)F)c(C#N)cc1N. The third-order valence-corrected chi connectivity index (χ3v) is 2.11. The number of carbonyl (C=O) groups is 1. The quantitative estimate of drug-likeness (QED) is 0.825. The van der Waals surface area contributed by atoms with E-state index in [2.05, 4.69) is 9.72 Å². The molecule has 1 aromatic heterocycles. The summed E-state index contributed by atoms with van der Waals surface area (Å²) in [6.45, 7) is 1.80. The summed E-state index contributed by atoms with van der Waals surface area (Å²) >= 11 is 0. The Morgan fingerprint density at radius 1 is 1.67 bits per heavy atom. The van der Waals surface area contributed by atoms with Crippen LogP contribution in [0, 0.1) is 11.3 Å². The number of anilines is 1. The lowest BCUT2D eigenvalue weighted by Gasteiger charge is -2.08. The van der Waals surface area contributed by atoms with Crippen LogP contribution in [-0.2, 0) is 16.0 Å². The van der Waals surface area contributed by atoms with Crippen LogP contribution < -0.4 is 5.73 Å². The number of rotatable bonds is 4. The Labute approximate surface area is 102 Å². The minimum Gasteiger partial charge on any atom is -0.466 e. The molecule has 1 rings (SSSR count). The molecule has 5 nitrogen and oxygen atoms in total. The number of nitriles is 1. The molecule has 0 aromatic carbocycles. The minimum absolute atomic E-state index is 0.0113. The normalized spacial score (nSPS) is 10.2. The molecule has 7 heteroatoms. The highest BCUT2D eigenvalue weighted by molar-refractivity contribution is 5.74. The lowest BCUT2D eigenvalue weighted by molar-refractivity contribution is -0.142. The highest BCUT2D eigenvalue weighted by atomic mass is 19.3. The van der Waals surface area contributed by atoms with E-state index >= 15 is 0 Å². The standard InChI is InChI=1S/C11H11F2N3O2/c1-2-18-9(17)4-8-7(15)3-6(5-14)10(16-8)11(12)13/h3,11H,2,4,15H2,1H3. The van der Waals surface area contributed by atoms with E-state index in [9.17, 15) is 13.6 Å². The molecule has 0 atom stereocenters. The summed E-state index contributed by atoms with van der Waals surface area (Å²) in [5.41, 5.74) is 4.58. The van der Waals surface area contributed by atoms with Crippen LogP contribution in [0.25, 0.3) is 0 Å². The number of alkyl halides is 2. The number of nitrogens with zero attached hydrogens (tertiary/aromatic N) is 2. The van der Waals surface area contributed by atoms with Gasteiger partial charge in [0.2, 0.25) is 0 Å². The predicted molar refractivity (Wildman–Crippen MR) is 58.7 cm³/mol. The number of nitrogen functional groups attached to an aromatic ring is 1. The van der Waals surface area contributed by atoms with E-state index in [1.165, 1.54) is 0 Å². The van der Waals surface area contributed by atoms with E-state index in [0.717, 1.165) is 6.07 Å². The summed E-state index contributed by atoms with van der Waals surface area (Å²) < 4.78 is 30.0. The molecule has 96 valence electrons. The molecule has 1 heterocycles. The molecule has 0 aliphatic carbocycles. The largest absolute Gasteiger partial charge is 0.466 e. The first-order valence-electron chi connectivity index (χ1n) is 5.12. The van der Waals surface area contributed by atoms with Gasteiger partial charge in [-0.05, 0) is 13.0 Å². The van der Waals surface area contributed by atoms with E-state index in [-0.39, 0.29) is 30.0 Å². The van der Waals surface area contributed by atoms with Gasteiger partial charge in [-0.1, -0.05) is 0 Å². The van der Waals surface area contributed by atoms with Gasteiger partial charge in [0.1, 0.15) is 11.8 Å². The predicted octanol–water partition coefficient (Wildman–Crippen LogP) is 1.58. The van der Waals surface area contributed by atoms with E-state index in [1.54, 1.807) is 13.0 Å². The summed E-state index contributed by atoms with van der Waals surface area (Å²) in [6.07, 6.45) is -3.20. The highest BCUT2D eigenvalue weighted by Crippen LogP contribution is 2.24. The van der Waals surface area contributed by atoms with Gasteiger partial charge in [0, 0.05) is 0 Å². The summed E-state index contributed by atoms with van der Waals surface area (Å²) in [7, 11) is 0. The van der Waals surface area contributed by atoms with Crippen LogP contribution in [0.3, 0.4) is 0 Å². The molecular weight excluding hydrogens is 244 g/mol. The van der Waals surface area contributed by atoms with Crippen molar-refractivity contribution in [1.29, 1.82) is 5.26 Å². The fourth-order valence-corrected chi connectivity index (χ4v) is 1.33. The van der Waals surface area contributed by atoms with Gasteiger partial charge in [0.05, 0.1) is 30.0 Å². The van der Waals surface area contributed by atoms with Gasteiger partial charge in [-0.15, -0.1) is 0 Å². The smallest absolute Gasteiger partial charge is 0.311 e. The van der Waals surface area contributed by atoms with Gasteiger partial charge < -0.3 is 10.5 Å². The van der Waals surface area contributed by atoms with Crippen molar-refractivity contribution in [3.05, 3.63) is 23.0 Å². The number of esters is 1. The van der Waals surface area contributed by atoms with Crippen LogP contribution in [-0.4, -0.2) is 17.6 Å². The number of carbonyl (C=O) groups excluding carboxylic acids is 1. The fourth-order valence-electron chi connectivity index (χ4n) is 1.33.